The standard InChI is InChI=1S/C16H36N.C5H12OSi/c1-5-9-13-17(14-10-6-2,15-11-7-3)16-12-8-4;1-7-5-3-2-4-6-7/h5-16H2,1-4H3;7H,2-5H2,1H3/q+1;. The van der Waals surface area contributed by atoms with E-state index >= 15 is 0 Å². The van der Waals surface area contributed by atoms with Crippen LogP contribution >= 0.6 is 0 Å². The van der Waals surface area contributed by atoms with Crippen molar-refractivity contribution in [2.75, 3.05) is 32.8 Å². The highest BCUT2D eigenvalue weighted by molar-refractivity contribution is 6.50. The van der Waals surface area contributed by atoms with Crippen molar-refractivity contribution in [3.8, 4) is 0 Å². The van der Waals surface area contributed by atoms with Gasteiger partial charge in [-0.25, -0.2) is 0 Å². The van der Waals surface area contributed by atoms with Gasteiger partial charge in [-0.3, -0.25) is 0 Å². The molecule has 1 aliphatic heterocycles. The number of nitrogens with zero attached hydrogens (tertiary/aromatic N) is 1. The van der Waals surface area contributed by atoms with Gasteiger partial charge in [0, 0.05) is 6.61 Å². The van der Waals surface area contributed by atoms with Crippen molar-refractivity contribution in [1.82, 2.24) is 0 Å². The van der Waals surface area contributed by atoms with E-state index in [0.717, 1.165) is 6.61 Å². The van der Waals surface area contributed by atoms with Crippen LogP contribution in [0.3, 0.4) is 0 Å². The summed E-state index contributed by atoms with van der Waals surface area (Å²) in [6.45, 7) is 18.3. The molecule has 1 aliphatic rings. The van der Waals surface area contributed by atoms with Crippen molar-refractivity contribution >= 4 is 9.04 Å². The van der Waals surface area contributed by atoms with E-state index in [1.54, 1.807) is 0 Å². The average Bonchev–Trinajstić information content (AvgIpc) is 2.62. The zero-order valence-electron chi connectivity index (χ0n) is 17.7. The first-order valence-electron chi connectivity index (χ1n) is 11.1. The fourth-order valence-corrected chi connectivity index (χ4v) is 5.15. The van der Waals surface area contributed by atoms with E-state index in [4.69, 9.17) is 4.43 Å². The van der Waals surface area contributed by atoms with Crippen LogP contribution in [-0.2, 0) is 4.43 Å². The zero-order valence-corrected chi connectivity index (χ0v) is 18.9. The van der Waals surface area contributed by atoms with Gasteiger partial charge in [-0.2, -0.15) is 0 Å². The van der Waals surface area contributed by atoms with Crippen molar-refractivity contribution in [3.63, 3.8) is 0 Å². The van der Waals surface area contributed by atoms with E-state index in [2.05, 4.69) is 34.2 Å². The Bertz CT molecular complexity index is 217. The molecule has 0 N–H and O–H groups in total. The highest BCUT2D eigenvalue weighted by Gasteiger charge is 2.24. The molecule has 0 spiro atoms. The molecule has 0 aromatic rings. The van der Waals surface area contributed by atoms with Gasteiger partial charge in [-0.15, -0.1) is 0 Å². The Morgan fingerprint density at radius 1 is 0.708 bits per heavy atom. The second-order valence-corrected chi connectivity index (χ2v) is 10.4. The van der Waals surface area contributed by atoms with Crippen LogP contribution < -0.4 is 0 Å². The quantitative estimate of drug-likeness (QED) is 0.300. The highest BCUT2D eigenvalue weighted by Crippen LogP contribution is 2.16. The topological polar surface area (TPSA) is 9.23 Å². The number of unbranched alkanes of at least 4 members (excludes halogenated alkanes) is 4. The van der Waals surface area contributed by atoms with E-state index < -0.39 is 9.04 Å². The largest absolute Gasteiger partial charge is 0.420 e. The smallest absolute Gasteiger partial charge is 0.173 e. The van der Waals surface area contributed by atoms with Gasteiger partial charge >= 0.3 is 0 Å². The molecular weight excluding hydrogens is 310 g/mol. The van der Waals surface area contributed by atoms with E-state index in [-0.39, 0.29) is 0 Å². The minimum atomic E-state index is -0.595. The highest BCUT2D eigenvalue weighted by atomic mass is 28.3. The SMILES string of the molecule is CCCC[N+](CCCC)(CCCC)CCCC.C[SiH]1CCCCO1. The van der Waals surface area contributed by atoms with Gasteiger partial charge < -0.3 is 8.91 Å². The second-order valence-electron chi connectivity index (χ2n) is 7.83. The molecule has 2 nitrogen and oxygen atoms in total. The second kappa shape index (κ2) is 16.6. The third-order valence-corrected chi connectivity index (χ3v) is 7.38. The molecule has 0 saturated carbocycles. The molecule has 1 saturated heterocycles. The lowest BCUT2D eigenvalue weighted by atomic mass is 10.1. The lowest BCUT2D eigenvalue weighted by molar-refractivity contribution is -0.929. The van der Waals surface area contributed by atoms with Gasteiger partial charge in [0.05, 0.1) is 26.2 Å². The van der Waals surface area contributed by atoms with Crippen molar-refractivity contribution in [2.24, 2.45) is 0 Å². The molecule has 0 amide bonds. The Balaban J connectivity index is 0.000000620. The third-order valence-electron chi connectivity index (χ3n) is 5.35. The number of hydrogen-bond acceptors (Lipinski definition) is 1. The molecule has 0 aliphatic carbocycles. The molecule has 0 aromatic carbocycles. The molecule has 0 aromatic heterocycles. The first kappa shape index (κ1) is 24.1. The molecule has 1 fully saturated rings. The minimum absolute atomic E-state index is 0.595. The van der Waals surface area contributed by atoms with Gasteiger partial charge in [-0.05, 0) is 44.7 Å². The predicted octanol–water partition coefficient (Wildman–Crippen LogP) is 6.15. The Labute approximate surface area is 155 Å². The van der Waals surface area contributed by atoms with Gasteiger partial charge in [0.25, 0.3) is 0 Å². The monoisotopic (exact) mass is 358 g/mol. The summed E-state index contributed by atoms with van der Waals surface area (Å²) < 4.78 is 6.84. The maximum absolute atomic E-state index is 5.42. The first-order chi connectivity index (χ1) is 11.6. The summed E-state index contributed by atoms with van der Waals surface area (Å²) in [4.78, 5) is 0. The number of quaternary nitrogens is 1. The van der Waals surface area contributed by atoms with E-state index in [9.17, 15) is 0 Å². The number of rotatable bonds is 12. The molecule has 1 heterocycles. The number of hydrogen-bond donors (Lipinski definition) is 0. The third kappa shape index (κ3) is 12.5. The van der Waals surface area contributed by atoms with Crippen LogP contribution in [-0.4, -0.2) is 46.3 Å². The molecule has 24 heavy (non-hydrogen) atoms. The lowest BCUT2D eigenvalue weighted by Crippen LogP contribution is -2.50. The van der Waals surface area contributed by atoms with E-state index in [1.165, 1.54) is 101 Å². The molecule has 1 rings (SSSR count). The molecule has 146 valence electrons. The molecule has 3 heteroatoms. The molecule has 1 unspecified atom stereocenters. The molecule has 0 bridgehead atoms. The van der Waals surface area contributed by atoms with E-state index in [0.29, 0.717) is 0 Å². The van der Waals surface area contributed by atoms with Gasteiger partial charge in [0.1, 0.15) is 0 Å². The maximum atomic E-state index is 5.42. The summed E-state index contributed by atoms with van der Waals surface area (Å²) in [5.74, 6) is 0. The zero-order chi connectivity index (χ0) is 18.1. The van der Waals surface area contributed by atoms with Crippen molar-refractivity contribution in [1.29, 1.82) is 0 Å². The van der Waals surface area contributed by atoms with Crippen molar-refractivity contribution in [2.45, 2.75) is 104 Å². The Morgan fingerprint density at radius 2 is 1.12 bits per heavy atom. The van der Waals surface area contributed by atoms with E-state index in [1.807, 2.05) is 0 Å². The Morgan fingerprint density at radius 3 is 1.33 bits per heavy atom. The average molecular weight is 359 g/mol. The lowest BCUT2D eigenvalue weighted by Gasteiger charge is -2.39. The fourth-order valence-electron chi connectivity index (χ4n) is 3.55. The maximum Gasteiger partial charge on any atom is 0.173 e. The normalized spacial score (nSPS) is 18.1. The molecule has 0 radical (unpaired) electrons. The van der Waals surface area contributed by atoms with Gasteiger partial charge in [0.2, 0.25) is 0 Å². The van der Waals surface area contributed by atoms with Gasteiger partial charge in [0.15, 0.2) is 9.04 Å². The van der Waals surface area contributed by atoms with Crippen LogP contribution in [0.25, 0.3) is 0 Å². The van der Waals surface area contributed by atoms with Crippen molar-refractivity contribution in [3.05, 3.63) is 0 Å². The molecule has 1 atom stereocenters. The summed E-state index contributed by atoms with van der Waals surface area (Å²) >= 11 is 0. The minimum Gasteiger partial charge on any atom is -0.420 e. The Kier molecular flexibility index (Phi) is 16.7. The summed E-state index contributed by atoms with van der Waals surface area (Å²) in [6.07, 6.45) is 13.8. The van der Waals surface area contributed by atoms with Crippen LogP contribution in [0.4, 0.5) is 0 Å². The van der Waals surface area contributed by atoms with Gasteiger partial charge in [-0.1, -0.05) is 59.8 Å². The predicted molar refractivity (Wildman–Crippen MR) is 112 cm³/mol. The van der Waals surface area contributed by atoms with Crippen molar-refractivity contribution < 1.29 is 8.91 Å². The van der Waals surface area contributed by atoms with Crippen LogP contribution in [0.15, 0.2) is 0 Å². The molecular formula is C21H48NOSi+. The van der Waals surface area contributed by atoms with Crippen LogP contribution in [0.2, 0.25) is 12.6 Å². The summed E-state index contributed by atoms with van der Waals surface area (Å²) in [7, 11) is -0.595. The van der Waals surface area contributed by atoms with Crippen LogP contribution in [0.1, 0.15) is 91.9 Å². The summed E-state index contributed by atoms with van der Waals surface area (Å²) in [5, 5.41) is 0. The Hall–Kier alpha value is 0.137. The van der Waals surface area contributed by atoms with Crippen LogP contribution in [0, 0.1) is 0 Å². The fraction of sp³-hybridized carbons (Fsp3) is 1.00. The van der Waals surface area contributed by atoms with Crippen LogP contribution in [0.5, 0.6) is 0 Å². The first-order valence-corrected chi connectivity index (χ1v) is 13.5. The summed E-state index contributed by atoms with van der Waals surface area (Å²) in [6, 6.07) is 1.40. The summed E-state index contributed by atoms with van der Waals surface area (Å²) in [5.41, 5.74) is 0.